The Kier molecular flexibility index (Phi) is 8.45. The molecule has 3 aromatic rings. The van der Waals surface area contributed by atoms with Gasteiger partial charge >= 0.3 is 35.5 Å². The molecular formula is C25H27N2NaO4. The van der Waals surface area contributed by atoms with E-state index < -0.39 is 12.1 Å². The maximum absolute atomic E-state index is 11.2. The summed E-state index contributed by atoms with van der Waals surface area (Å²) in [4.78, 5) is 15.4. The first-order valence-corrected chi connectivity index (χ1v) is 10.4. The van der Waals surface area contributed by atoms with Gasteiger partial charge < -0.3 is 21.7 Å². The molecule has 1 aliphatic rings. The van der Waals surface area contributed by atoms with Gasteiger partial charge in [-0.2, -0.15) is 0 Å². The number of aromatic carboxylic acids is 1. The molecule has 0 unspecified atom stereocenters. The summed E-state index contributed by atoms with van der Waals surface area (Å²) in [5, 5.41) is 23.1. The van der Waals surface area contributed by atoms with E-state index in [4.69, 9.17) is 9.84 Å². The van der Waals surface area contributed by atoms with Crippen molar-refractivity contribution in [2.24, 2.45) is 0 Å². The van der Waals surface area contributed by atoms with Crippen LogP contribution in [0.4, 0.5) is 0 Å². The first-order chi connectivity index (χ1) is 15.0. The van der Waals surface area contributed by atoms with Gasteiger partial charge in [0.2, 0.25) is 0 Å². The van der Waals surface area contributed by atoms with Crippen molar-refractivity contribution < 1.29 is 50.7 Å². The van der Waals surface area contributed by atoms with Crippen LogP contribution in [0.3, 0.4) is 0 Å². The molecular weight excluding hydrogens is 415 g/mol. The van der Waals surface area contributed by atoms with Gasteiger partial charge in [-0.05, 0) is 73.7 Å². The van der Waals surface area contributed by atoms with Gasteiger partial charge in [0.15, 0.2) is 0 Å². The fraction of sp³-hybridized carbons (Fsp3) is 0.280. The van der Waals surface area contributed by atoms with Crippen molar-refractivity contribution in [1.82, 2.24) is 10.3 Å². The third kappa shape index (κ3) is 6.18. The van der Waals surface area contributed by atoms with E-state index in [1.165, 1.54) is 17.2 Å². The molecule has 1 aliphatic carbocycles. The van der Waals surface area contributed by atoms with Gasteiger partial charge in [0.05, 0.1) is 11.7 Å². The maximum atomic E-state index is 11.2. The van der Waals surface area contributed by atoms with Crippen molar-refractivity contribution in [2.45, 2.75) is 38.3 Å². The average molecular weight is 442 g/mol. The van der Waals surface area contributed by atoms with Crippen LogP contribution < -0.4 is 39.6 Å². The Morgan fingerprint density at radius 2 is 2.00 bits per heavy atom. The van der Waals surface area contributed by atoms with E-state index in [0.717, 1.165) is 30.5 Å². The summed E-state index contributed by atoms with van der Waals surface area (Å²) in [6.45, 7) is 2.40. The second-order valence-corrected chi connectivity index (χ2v) is 7.96. The van der Waals surface area contributed by atoms with Crippen LogP contribution in [0.25, 0.3) is 0 Å². The smallest absolute Gasteiger partial charge is 1.00 e. The molecule has 1 aromatic heterocycles. The SMILES string of the molecule is Cc1ccc([C@H](O)CN[C@H]2CCc3ccc(Oc4cccc(C(=O)O)c4)cc3C2)cn1.[H-].[Na+]. The number of carboxylic acid groups (broad SMARTS) is 1. The van der Waals surface area contributed by atoms with Crippen LogP contribution in [0.5, 0.6) is 11.5 Å². The Bertz CT molecular complexity index is 1080. The van der Waals surface area contributed by atoms with E-state index >= 15 is 0 Å². The molecule has 7 heteroatoms. The molecule has 4 rings (SSSR count). The number of aromatic nitrogens is 1. The molecule has 0 bridgehead atoms. The summed E-state index contributed by atoms with van der Waals surface area (Å²) in [5.74, 6) is 0.210. The molecule has 1 heterocycles. The van der Waals surface area contributed by atoms with E-state index in [0.29, 0.717) is 18.0 Å². The minimum atomic E-state index is -0.978. The fourth-order valence-corrected chi connectivity index (χ4v) is 3.87. The Labute approximate surface area is 211 Å². The van der Waals surface area contributed by atoms with Gasteiger partial charge in [-0.3, -0.25) is 4.98 Å². The third-order valence-electron chi connectivity index (χ3n) is 5.64. The summed E-state index contributed by atoms with van der Waals surface area (Å²) in [6.07, 6.45) is 3.95. The zero-order chi connectivity index (χ0) is 21.8. The van der Waals surface area contributed by atoms with E-state index in [1.54, 1.807) is 24.4 Å². The number of nitrogens with one attached hydrogen (secondary N) is 1. The van der Waals surface area contributed by atoms with Crippen LogP contribution in [0, 0.1) is 6.92 Å². The second-order valence-electron chi connectivity index (χ2n) is 7.96. The molecule has 0 aliphatic heterocycles. The number of pyridine rings is 1. The molecule has 162 valence electrons. The molecule has 0 spiro atoms. The van der Waals surface area contributed by atoms with Crippen LogP contribution in [0.15, 0.2) is 60.8 Å². The Morgan fingerprint density at radius 3 is 2.75 bits per heavy atom. The fourth-order valence-electron chi connectivity index (χ4n) is 3.87. The van der Waals surface area contributed by atoms with Crippen molar-refractivity contribution in [2.75, 3.05) is 6.54 Å². The van der Waals surface area contributed by atoms with Crippen molar-refractivity contribution in [3.05, 3.63) is 88.7 Å². The minimum absolute atomic E-state index is 0. The molecule has 0 amide bonds. The second kappa shape index (κ2) is 11.1. The number of fused-ring (bicyclic) bond motifs is 1. The number of carboxylic acids is 1. The van der Waals surface area contributed by atoms with Gasteiger partial charge in [-0.25, -0.2) is 4.79 Å². The zero-order valence-corrected chi connectivity index (χ0v) is 20.4. The molecule has 0 fully saturated rings. The molecule has 32 heavy (non-hydrogen) atoms. The maximum Gasteiger partial charge on any atom is 1.00 e. The number of carbonyl (C=O) groups is 1. The molecule has 0 saturated carbocycles. The third-order valence-corrected chi connectivity index (χ3v) is 5.64. The molecule has 2 aromatic carbocycles. The van der Waals surface area contributed by atoms with Crippen molar-refractivity contribution in [3.63, 3.8) is 0 Å². The number of hydrogen-bond donors (Lipinski definition) is 3. The number of aryl methyl sites for hydroxylation is 2. The topological polar surface area (TPSA) is 91.7 Å². The predicted octanol–water partition coefficient (Wildman–Crippen LogP) is 1.18. The summed E-state index contributed by atoms with van der Waals surface area (Å²) < 4.78 is 5.91. The summed E-state index contributed by atoms with van der Waals surface area (Å²) in [7, 11) is 0. The van der Waals surface area contributed by atoms with E-state index in [2.05, 4.69) is 16.4 Å². The van der Waals surface area contributed by atoms with Crippen LogP contribution in [0.2, 0.25) is 0 Å². The monoisotopic (exact) mass is 442 g/mol. The van der Waals surface area contributed by atoms with Gasteiger partial charge in [0.1, 0.15) is 11.5 Å². The summed E-state index contributed by atoms with van der Waals surface area (Å²) in [6, 6.07) is 16.6. The Hall–Kier alpha value is -2.22. The average Bonchev–Trinajstić information content (AvgIpc) is 2.78. The van der Waals surface area contributed by atoms with Crippen molar-refractivity contribution in [3.8, 4) is 11.5 Å². The number of hydrogen-bond acceptors (Lipinski definition) is 5. The van der Waals surface area contributed by atoms with Gasteiger partial charge in [0, 0.05) is 30.0 Å². The molecule has 3 N–H and O–H groups in total. The van der Waals surface area contributed by atoms with E-state index in [-0.39, 0.29) is 42.6 Å². The number of rotatable bonds is 7. The first-order valence-electron chi connectivity index (χ1n) is 10.4. The number of aliphatic hydroxyl groups excluding tert-OH is 1. The largest absolute Gasteiger partial charge is 1.00 e. The van der Waals surface area contributed by atoms with Gasteiger partial charge in [-0.15, -0.1) is 0 Å². The molecule has 2 atom stereocenters. The van der Waals surface area contributed by atoms with Crippen LogP contribution in [-0.4, -0.2) is 33.8 Å². The van der Waals surface area contributed by atoms with E-state index in [9.17, 15) is 9.90 Å². The normalized spacial score (nSPS) is 15.9. The minimum Gasteiger partial charge on any atom is -1.00 e. The van der Waals surface area contributed by atoms with Gasteiger partial charge in [-0.1, -0.05) is 18.2 Å². The zero-order valence-electron chi connectivity index (χ0n) is 19.4. The first kappa shape index (κ1) is 24.4. The standard InChI is InChI=1S/C25H26N2O4.Na.H/c1-16-5-6-19(14-26-16)24(28)15-27-21-9-7-17-8-10-23(13-20(17)11-21)31-22-4-2-3-18(12-22)25(29)30;;/h2-6,8,10,12-14,21,24,27-28H,7,9,11,15H2,1H3,(H,29,30);;/q;+1;-1/t21-,24+;;/m0../s1. The molecule has 0 saturated heterocycles. The quantitative estimate of drug-likeness (QED) is 0.476. The van der Waals surface area contributed by atoms with Crippen molar-refractivity contribution >= 4 is 5.97 Å². The number of ether oxygens (including phenoxy) is 1. The summed E-state index contributed by atoms with van der Waals surface area (Å²) >= 11 is 0. The van der Waals surface area contributed by atoms with E-state index in [1.807, 2.05) is 31.2 Å². The molecule has 0 radical (unpaired) electrons. The number of aliphatic hydroxyl groups is 1. The Balaban J connectivity index is 0.00000193. The van der Waals surface area contributed by atoms with Crippen LogP contribution in [-0.2, 0) is 12.8 Å². The number of benzene rings is 2. The van der Waals surface area contributed by atoms with Crippen LogP contribution >= 0.6 is 0 Å². The van der Waals surface area contributed by atoms with Crippen LogP contribution in [0.1, 0.15) is 46.7 Å². The van der Waals surface area contributed by atoms with Crippen molar-refractivity contribution in [1.29, 1.82) is 0 Å². The number of nitrogens with zero attached hydrogens (tertiary/aromatic N) is 1. The summed E-state index contributed by atoms with van der Waals surface area (Å²) in [5.41, 5.74) is 4.45. The van der Waals surface area contributed by atoms with Gasteiger partial charge in [0.25, 0.3) is 0 Å². The molecule has 6 nitrogen and oxygen atoms in total. The Morgan fingerprint density at radius 1 is 1.19 bits per heavy atom. The predicted molar refractivity (Wildman–Crippen MR) is 119 cm³/mol.